The molecule has 0 heterocycles. The highest BCUT2D eigenvalue weighted by Gasteiger charge is 2.46. The minimum Gasteiger partial charge on any atom is -0.481 e. The highest BCUT2D eigenvalue weighted by atomic mass is 16.4. The molecule has 1 atom stereocenters. The van der Waals surface area contributed by atoms with Crippen molar-refractivity contribution in [3.8, 4) is 0 Å². The van der Waals surface area contributed by atoms with Gasteiger partial charge in [-0.2, -0.15) is 0 Å². The van der Waals surface area contributed by atoms with Crippen LogP contribution in [0.1, 0.15) is 45.4 Å². The van der Waals surface area contributed by atoms with E-state index in [0.717, 1.165) is 37.7 Å². The van der Waals surface area contributed by atoms with Crippen LogP contribution < -0.4 is 0 Å². The van der Waals surface area contributed by atoms with E-state index in [1.807, 2.05) is 0 Å². The van der Waals surface area contributed by atoms with Crippen molar-refractivity contribution >= 4 is 11.9 Å². The van der Waals surface area contributed by atoms with Gasteiger partial charge in [0.05, 0.1) is 5.41 Å². The fourth-order valence-corrected chi connectivity index (χ4v) is 3.47. The maximum atomic E-state index is 11.8. The van der Waals surface area contributed by atoms with Gasteiger partial charge in [-0.05, 0) is 38.2 Å². The molecule has 0 bridgehead atoms. The Morgan fingerprint density at radius 3 is 2.37 bits per heavy atom. The van der Waals surface area contributed by atoms with E-state index in [-0.39, 0.29) is 17.9 Å². The van der Waals surface area contributed by atoms with Crippen molar-refractivity contribution in [1.82, 2.24) is 0 Å². The number of aliphatic carboxylic acids is 2. The summed E-state index contributed by atoms with van der Waals surface area (Å²) in [6.45, 7) is 1.78. The van der Waals surface area contributed by atoms with Crippen LogP contribution in [-0.4, -0.2) is 22.2 Å². The van der Waals surface area contributed by atoms with Crippen LogP contribution in [0, 0.1) is 11.3 Å². The highest BCUT2D eigenvalue weighted by molar-refractivity contribution is 5.90. The first-order chi connectivity index (χ1) is 8.95. The Morgan fingerprint density at radius 2 is 1.84 bits per heavy atom. The lowest BCUT2D eigenvalue weighted by Crippen LogP contribution is -2.40. The number of allylic oxidation sites excluding steroid dienone is 2. The van der Waals surface area contributed by atoms with Crippen molar-refractivity contribution in [2.75, 3.05) is 0 Å². The van der Waals surface area contributed by atoms with E-state index in [9.17, 15) is 19.8 Å². The molecule has 4 heteroatoms. The van der Waals surface area contributed by atoms with E-state index in [0.29, 0.717) is 0 Å². The molecule has 0 radical (unpaired) electrons. The molecule has 2 aliphatic rings. The number of carboxylic acids is 2. The molecule has 0 amide bonds. The van der Waals surface area contributed by atoms with Crippen molar-refractivity contribution in [1.29, 1.82) is 0 Å². The highest BCUT2D eigenvalue weighted by Crippen LogP contribution is 2.47. The second-order valence-corrected chi connectivity index (χ2v) is 5.72. The van der Waals surface area contributed by atoms with Crippen LogP contribution >= 0.6 is 0 Å². The van der Waals surface area contributed by atoms with E-state index in [1.54, 1.807) is 19.1 Å². The van der Waals surface area contributed by atoms with E-state index in [4.69, 9.17) is 0 Å². The molecule has 1 fully saturated rings. The molecule has 1 saturated carbocycles. The number of carboxylic acid groups (broad SMARTS) is 2. The van der Waals surface area contributed by atoms with Gasteiger partial charge in [-0.1, -0.05) is 30.9 Å². The maximum Gasteiger partial charge on any atom is 0.331 e. The fraction of sp³-hybridized carbons (Fsp3) is 0.600. The van der Waals surface area contributed by atoms with Gasteiger partial charge >= 0.3 is 11.9 Å². The average Bonchev–Trinajstić information content (AvgIpc) is 2.38. The van der Waals surface area contributed by atoms with Crippen LogP contribution in [0.4, 0.5) is 0 Å². The van der Waals surface area contributed by atoms with Crippen molar-refractivity contribution < 1.29 is 19.8 Å². The van der Waals surface area contributed by atoms with Gasteiger partial charge in [-0.25, -0.2) is 4.79 Å². The van der Waals surface area contributed by atoms with Crippen LogP contribution in [-0.2, 0) is 9.59 Å². The Morgan fingerprint density at radius 1 is 1.21 bits per heavy atom. The Kier molecular flexibility index (Phi) is 3.78. The third-order valence-corrected chi connectivity index (χ3v) is 4.38. The van der Waals surface area contributed by atoms with Gasteiger partial charge in [-0.15, -0.1) is 0 Å². The van der Waals surface area contributed by atoms with E-state index >= 15 is 0 Å². The number of hydrogen-bond acceptors (Lipinski definition) is 2. The zero-order valence-electron chi connectivity index (χ0n) is 11.2. The number of rotatable bonds is 3. The minimum absolute atomic E-state index is 0.0525. The van der Waals surface area contributed by atoms with Gasteiger partial charge in [0.2, 0.25) is 0 Å². The lowest BCUT2D eigenvalue weighted by atomic mass is 9.63. The predicted octanol–water partition coefficient (Wildman–Crippen LogP) is 3.00. The summed E-state index contributed by atoms with van der Waals surface area (Å²) < 4.78 is 0. The summed E-state index contributed by atoms with van der Waals surface area (Å²) in [6, 6.07) is 0. The molecule has 0 aliphatic heterocycles. The third-order valence-electron chi connectivity index (χ3n) is 4.38. The van der Waals surface area contributed by atoms with E-state index in [2.05, 4.69) is 0 Å². The summed E-state index contributed by atoms with van der Waals surface area (Å²) in [4.78, 5) is 23.0. The first-order valence-corrected chi connectivity index (χ1v) is 6.82. The first kappa shape index (κ1) is 13.8. The van der Waals surface area contributed by atoms with Crippen LogP contribution in [0.3, 0.4) is 0 Å². The molecular weight excluding hydrogens is 244 g/mol. The summed E-state index contributed by atoms with van der Waals surface area (Å²) >= 11 is 0. The quantitative estimate of drug-likeness (QED) is 0.821. The molecule has 104 valence electrons. The minimum atomic E-state index is -1.02. The maximum absolute atomic E-state index is 11.8. The first-order valence-electron chi connectivity index (χ1n) is 6.82. The lowest BCUT2D eigenvalue weighted by molar-refractivity contribution is -0.150. The Labute approximate surface area is 112 Å². The molecule has 2 rings (SSSR count). The molecule has 0 aromatic heterocycles. The van der Waals surface area contributed by atoms with Crippen molar-refractivity contribution in [2.45, 2.75) is 45.4 Å². The molecule has 0 aromatic rings. The van der Waals surface area contributed by atoms with Gasteiger partial charge in [0.1, 0.15) is 0 Å². The molecular formula is C15H20O4. The van der Waals surface area contributed by atoms with Crippen molar-refractivity contribution in [3.05, 3.63) is 23.3 Å². The third kappa shape index (κ3) is 2.57. The monoisotopic (exact) mass is 264 g/mol. The molecule has 4 nitrogen and oxygen atoms in total. The summed E-state index contributed by atoms with van der Waals surface area (Å²) in [5.41, 5.74) is -0.0583. The van der Waals surface area contributed by atoms with E-state index < -0.39 is 17.4 Å². The molecule has 2 aliphatic carbocycles. The van der Waals surface area contributed by atoms with Gasteiger partial charge in [0.15, 0.2) is 0 Å². The number of hydrogen-bond donors (Lipinski definition) is 2. The normalized spacial score (nSPS) is 28.5. The Bertz CT molecular complexity index is 455. The summed E-state index contributed by atoms with van der Waals surface area (Å²) in [6.07, 6.45) is 8.46. The summed E-state index contributed by atoms with van der Waals surface area (Å²) in [5, 5.41) is 18.9. The smallest absolute Gasteiger partial charge is 0.331 e. The van der Waals surface area contributed by atoms with E-state index in [1.165, 1.54) is 0 Å². The molecule has 0 aromatic carbocycles. The standard InChI is InChI=1S/C15H20O4/c1-10-7-11(13(16)17)9-15(8-10,14(18)19)12-5-3-2-4-6-12/h7-8,12H,2-6,9H2,1H3,(H,16,17)(H,18,19). The SMILES string of the molecule is CC1=CC(C(=O)O)(C2CCCCC2)CC(C(=O)O)=C1. The number of carbonyl (C=O) groups is 2. The van der Waals surface area contributed by atoms with Gasteiger partial charge < -0.3 is 10.2 Å². The van der Waals surface area contributed by atoms with Crippen LogP contribution in [0.25, 0.3) is 0 Å². The zero-order chi connectivity index (χ0) is 14.0. The largest absolute Gasteiger partial charge is 0.481 e. The molecule has 1 unspecified atom stereocenters. The predicted molar refractivity (Wildman–Crippen MR) is 70.7 cm³/mol. The fourth-order valence-electron chi connectivity index (χ4n) is 3.47. The molecule has 2 N–H and O–H groups in total. The second kappa shape index (κ2) is 5.19. The summed E-state index contributed by atoms with van der Waals surface area (Å²) in [7, 11) is 0. The zero-order valence-corrected chi connectivity index (χ0v) is 11.2. The second-order valence-electron chi connectivity index (χ2n) is 5.72. The molecule has 0 saturated heterocycles. The summed E-state index contributed by atoms with van der Waals surface area (Å²) in [5.74, 6) is -1.84. The molecule has 19 heavy (non-hydrogen) atoms. The van der Waals surface area contributed by atoms with Gasteiger partial charge in [0, 0.05) is 5.57 Å². The molecule has 0 spiro atoms. The van der Waals surface area contributed by atoms with Crippen LogP contribution in [0.15, 0.2) is 23.3 Å². The Balaban J connectivity index is 2.38. The van der Waals surface area contributed by atoms with Gasteiger partial charge in [-0.3, -0.25) is 4.79 Å². The Hall–Kier alpha value is -1.58. The topological polar surface area (TPSA) is 74.6 Å². The average molecular weight is 264 g/mol. The van der Waals surface area contributed by atoms with Crippen molar-refractivity contribution in [3.63, 3.8) is 0 Å². The lowest BCUT2D eigenvalue weighted by Gasteiger charge is -2.39. The van der Waals surface area contributed by atoms with Crippen molar-refractivity contribution in [2.24, 2.45) is 11.3 Å². The van der Waals surface area contributed by atoms with Gasteiger partial charge in [0.25, 0.3) is 0 Å². The van der Waals surface area contributed by atoms with Crippen LogP contribution in [0.2, 0.25) is 0 Å². The van der Waals surface area contributed by atoms with Crippen LogP contribution in [0.5, 0.6) is 0 Å².